The highest BCUT2D eigenvalue weighted by Gasteiger charge is 2.39. The Bertz CT molecular complexity index is 112. The van der Waals surface area contributed by atoms with Crippen LogP contribution in [0.4, 0.5) is 0 Å². The van der Waals surface area contributed by atoms with Crippen LogP contribution in [0.5, 0.6) is 0 Å². The summed E-state index contributed by atoms with van der Waals surface area (Å²) in [6.45, 7) is 2.93. The average molecular weight is 125 g/mol. The monoisotopic (exact) mass is 125 g/mol. The first kappa shape index (κ1) is 6.81. The second kappa shape index (κ2) is 2.53. The summed E-state index contributed by atoms with van der Waals surface area (Å²) in [5, 5.41) is 0. The average Bonchev–Trinajstić information content (AvgIpc) is 2.65. The highest BCUT2D eigenvalue weighted by Crippen LogP contribution is 2.47. The molecule has 0 amide bonds. The Morgan fingerprint density at radius 2 is 2.22 bits per heavy atom. The zero-order valence-corrected chi connectivity index (χ0v) is 6.06. The van der Waals surface area contributed by atoms with E-state index in [1.807, 2.05) is 0 Å². The lowest BCUT2D eigenvalue weighted by atomic mass is 10.0. The van der Waals surface area contributed by atoms with Crippen molar-refractivity contribution in [1.82, 2.24) is 0 Å². The third-order valence-corrected chi connectivity index (χ3v) is 2.18. The van der Waals surface area contributed by atoms with Gasteiger partial charge >= 0.3 is 0 Å². The second-order valence-electron chi connectivity index (χ2n) is 2.98. The van der Waals surface area contributed by atoms with Gasteiger partial charge in [0.25, 0.3) is 0 Å². The Labute approximate surface area is 56.9 Å². The molecule has 52 valence electrons. The van der Waals surface area contributed by atoms with Gasteiger partial charge in [0.15, 0.2) is 0 Å². The first-order chi connectivity index (χ1) is 4.33. The molecule has 1 fully saturated rings. The molecular weight excluding hydrogens is 110 g/mol. The lowest BCUT2D eigenvalue weighted by Gasteiger charge is -2.06. The van der Waals surface area contributed by atoms with Gasteiger partial charge in [0.2, 0.25) is 0 Å². The fourth-order valence-corrected chi connectivity index (χ4v) is 1.04. The summed E-state index contributed by atoms with van der Waals surface area (Å²) in [4.78, 5) is 0. The minimum Gasteiger partial charge on any atom is -0.330 e. The fourth-order valence-electron chi connectivity index (χ4n) is 1.04. The van der Waals surface area contributed by atoms with E-state index in [2.05, 4.69) is 19.1 Å². The maximum atomic E-state index is 5.58. The third kappa shape index (κ3) is 1.55. The SMILES string of the molecule is C/C=C/CC1(CN)CC1. The highest BCUT2D eigenvalue weighted by atomic mass is 14.6. The van der Waals surface area contributed by atoms with Gasteiger partial charge in [0.05, 0.1) is 0 Å². The summed E-state index contributed by atoms with van der Waals surface area (Å²) >= 11 is 0. The lowest BCUT2D eigenvalue weighted by molar-refractivity contribution is 0.532. The van der Waals surface area contributed by atoms with Crippen molar-refractivity contribution in [2.75, 3.05) is 6.54 Å². The molecule has 0 bridgehead atoms. The Kier molecular flexibility index (Phi) is 1.91. The zero-order valence-electron chi connectivity index (χ0n) is 6.06. The van der Waals surface area contributed by atoms with E-state index >= 15 is 0 Å². The maximum Gasteiger partial charge on any atom is -0.00176 e. The number of nitrogens with two attached hydrogens (primary N) is 1. The molecule has 1 rings (SSSR count). The quantitative estimate of drug-likeness (QED) is 0.571. The van der Waals surface area contributed by atoms with Crippen LogP contribution in [0.3, 0.4) is 0 Å². The van der Waals surface area contributed by atoms with E-state index in [0.29, 0.717) is 5.41 Å². The molecule has 2 N–H and O–H groups in total. The molecule has 0 aliphatic heterocycles. The summed E-state index contributed by atoms with van der Waals surface area (Å²) in [5.74, 6) is 0. The van der Waals surface area contributed by atoms with E-state index in [1.165, 1.54) is 19.3 Å². The molecule has 1 aliphatic carbocycles. The standard InChI is InChI=1S/C8H15N/c1-2-3-4-8(7-9)5-6-8/h2-3H,4-7,9H2,1H3/b3-2+. The summed E-state index contributed by atoms with van der Waals surface area (Å²) in [6.07, 6.45) is 8.21. The van der Waals surface area contributed by atoms with Crippen LogP contribution >= 0.6 is 0 Å². The van der Waals surface area contributed by atoms with Crippen LogP contribution in [0, 0.1) is 5.41 Å². The van der Waals surface area contributed by atoms with Gasteiger partial charge in [-0.3, -0.25) is 0 Å². The van der Waals surface area contributed by atoms with E-state index in [9.17, 15) is 0 Å². The van der Waals surface area contributed by atoms with Gasteiger partial charge in [0, 0.05) is 0 Å². The van der Waals surface area contributed by atoms with Crippen LogP contribution in [0.25, 0.3) is 0 Å². The van der Waals surface area contributed by atoms with Gasteiger partial charge in [-0.1, -0.05) is 12.2 Å². The van der Waals surface area contributed by atoms with Crippen LogP contribution < -0.4 is 5.73 Å². The molecule has 1 saturated carbocycles. The Hall–Kier alpha value is -0.300. The molecule has 0 unspecified atom stereocenters. The topological polar surface area (TPSA) is 26.0 Å². The van der Waals surface area contributed by atoms with Crippen LogP contribution in [-0.4, -0.2) is 6.54 Å². The summed E-state index contributed by atoms with van der Waals surface area (Å²) in [5.41, 5.74) is 6.11. The van der Waals surface area contributed by atoms with Gasteiger partial charge < -0.3 is 5.73 Å². The smallest absolute Gasteiger partial charge is 0.00176 e. The Morgan fingerprint density at radius 1 is 1.56 bits per heavy atom. The number of allylic oxidation sites excluding steroid dienone is 2. The largest absolute Gasteiger partial charge is 0.330 e. The van der Waals surface area contributed by atoms with Crippen LogP contribution in [0.2, 0.25) is 0 Å². The van der Waals surface area contributed by atoms with Gasteiger partial charge in [-0.05, 0) is 38.1 Å². The van der Waals surface area contributed by atoms with Gasteiger partial charge in [-0.25, -0.2) is 0 Å². The van der Waals surface area contributed by atoms with Crippen molar-refractivity contribution >= 4 is 0 Å². The lowest BCUT2D eigenvalue weighted by Crippen LogP contribution is -2.13. The molecule has 0 spiro atoms. The molecule has 0 aromatic carbocycles. The van der Waals surface area contributed by atoms with Gasteiger partial charge in [-0.2, -0.15) is 0 Å². The van der Waals surface area contributed by atoms with Crippen LogP contribution in [-0.2, 0) is 0 Å². The molecule has 0 aromatic rings. The van der Waals surface area contributed by atoms with Crippen molar-refractivity contribution in [1.29, 1.82) is 0 Å². The molecule has 0 atom stereocenters. The summed E-state index contributed by atoms with van der Waals surface area (Å²) in [7, 11) is 0. The maximum absolute atomic E-state index is 5.58. The van der Waals surface area contributed by atoms with Crippen molar-refractivity contribution in [3.05, 3.63) is 12.2 Å². The van der Waals surface area contributed by atoms with Crippen molar-refractivity contribution < 1.29 is 0 Å². The number of hydrogen-bond donors (Lipinski definition) is 1. The molecule has 1 heteroatoms. The Morgan fingerprint density at radius 3 is 2.56 bits per heavy atom. The molecule has 1 aliphatic rings. The highest BCUT2D eigenvalue weighted by molar-refractivity contribution is 4.99. The minimum absolute atomic E-state index is 0.534. The minimum atomic E-state index is 0.534. The molecule has 0 radical (unpaired) electrons. The molecule has 9 heavy (non-hydrogen) atoms. The van der Waals surface area contributed by atoms with Crippen molar-refractivity contribution in [3.8, 4) is 0 Å². The van der Waals surface area contributed by atoms with Crippen LogP contribution in [0.15, 0.2) is 12.2 Å². The van der Waals surface area contributed by atoms with E-state index < -0.39 is 0 Å². The predicted octanol–water partition coefficient (Wildman–Crippen LogP) is 1.69. The first-order valence-electron chi connectivity index (χ1n) is 3.64. The van der Waals surface area contributed by atoms with E-state index in [0.717, 1.165) is 6.54 Å². The molecule has 0 aromatic heterocycles. The molecule has 1 nitrogen and oxygen atoms in total. The first-order valence-corrected chi connectivity index (χ1v) is 3.64. The molecular formula is C8H15N. The normalized spacial score (nSPS) is 22.9. The Balaban J connectivity index is 2.25. The van der Waals surface area contributed by atoms with E-state index in [4.69, 9.17) is 5.73 Å². The predicted molar refractivity (Wildman–Crippen MR) is 40.2 cm³/mol. The van der Waals surface area contributed by atoms with Crippen molar-refractivity contribution in [2.24, 2.45) is 11.1 Å². The second-order valence-corrected chi connectivity index (χ2v) is 2.98. The summed E-state index contributed by atoms with van der Waals surface area (Å²) in [6, 6.07) is 0. The number of hydrogen-bond acceptors (Lipinski definition) is 1. The zero-order chi connectivity index (χ0) is 6.74. The van der Waals surface area contributed by atoms with Crippen LogP contribution in [0.1, 0.15) is 26.2 Å². The number of rotatable bonds is 3. The van der Waals surface area contributed by atoms with Gasteiger partial charge in [-0.15, -0.1) is 0 Å². The van der Waals surface area contributed by atoms with Gasteiger partial charge in [0.1, 0.15) is 0 Å². The summed E-state index contributed by atoms with van der Waals surface area (Å²) < 4.78 is 0. The van der Waals surface area contributed by atoms with Crippen molar-refractivity contribution in [2.45, 2.75) is 26.2 Å². The van der Waals surface area contributed by atoms with E-state index in [-0.39, 0.29) is 0 Å². The van der Waals surface area contributed by atoms with E-state index in [1.54, 1.807) is 0 Å². The third-order valence-electron chi connectivity index (χ3n) is 2.18. The fraction of sp³-hybridized carbons (Fsp3) is 0.750. The molecule has 0 heterocycles. The molecule has 0 saturated heterocycles. The van der Waals surface area contributed by atoms with Crippen molar-refractivity contribution in [3.63, 3.8) is 0 Å².